The summed E-state index contributed by atoms with van der Waals surface area (Å²) in [5, 5.41) is 3.95. The second-order valence-corrected chi connectivity index (χ2v) is 7.66. The Hall–Kier alpha value is -2.84. The van der Waals surface area contributed by atoms with Crippen LogP contribution in [-0.2, 0) is 11.3 Å². The smallest absolute Gasteiger partial charge is 0.292 e. The first-order valence-corrected chi connectivity index (χ1v) is 10.1. The first-order valence-electron chi connectivity index (χ1n) is 9.76. The van der Waals surface area contributed by atoms with Crippen molar-refractivity contribution in [2.45, 2.75) is 25.6 Å². The maximum absolute atomic E-state index is 14.0. The summed E-state index contributed by atoms with van der Waals surface area (Å²) in [5.74, 6) is -1.94. The predicted molar refractivity (Wildman–Crippen MR) is 111 cm³/mol. The zero-order valence-corrected chi connectivity index (χ0v) is 17.2. The largest absolute Gasteiger partial charge is 0.373 e. The van der Waals surface area contributed by atoms with Crippen molar-refractivity contribution >= 4 is 17.3 Å². The summed E-state index contributed by atoms with van der Waals surface area (Å²) in [6.07, 6.45) is 2.87. The molecule has 0 radical (unpaired) electrons. The molecule has 0 N–H and O–H groups in total. The maximum atomic E-state index is 14.0. The standard InChI is InChI=1S/C22H19ClF3N3O2/c23-21-20(12-27-29(22(21)30)19-6-5-16(25)11-18(19)26)28-9-7-17(8-10-28)31-13-14-1-3-15(24)4-2-14/h1-6,11-12,17H,7-10,13H2. The predicted octanol–water partition coefficient (Wildman–Crippen LogP) is 4.49. The van der Waals surface area contributed by atoms with E-state index in [-0.39, 0.29) is 22.6 Å². The number of nitrogens with zero attached hydrogens (tertiary/aromatic N) is 3. The van der Waals surface area contributed by atoms with Crippen LogP contribution in [0.25, 0.3) is 5.69 Å². The normalized spacial score (nSPS) is 14.8. The molecular weight excluding hydrogens is 431 g/mol. The Kier molecular flexibility index (Phi) is 6.29. The number of rotatable bonds is 5. The molecule has 2 heterocycles. The summed E-state index contributed by atoms with van der Waals surface area (Å²) in [5.41, 5.74) is 0.502. The van der Waals surface area contributed by atoms with Gasteiger partial charge in [0, 0.05) is 19.2 Å². The highest BCUT2D eigenvalue weighted by Gasteiger charge is 2.24. The van der Waals surface area contributed by atoms with E-state index >= 15 is 0 Å². The lowest BCUT2D eigenvalue weighted by atomic mass is 10.1. The summed E-state index contributed by atoms with van der Waals surface area (Å²) >= 11 is 6.28. The van der Waals surface area contributed by atoms with E-state index in [1.807, 2.05) is 4.90 Å². The van der Waals surface area contributed by atoms with E-state index in [4.69, 9.17) is 16.3 Å². The second kappa shape index (κ2) is 9.11. The fourth-order valence-electron chi connectivity index (χ4n) is 3.53. The number of aromatic nitrogens is 2. The minimum atomic E-state index is -0.905. The molecule has 0 unspecified atom stereocenters. The Morgan fingerprint density at radius 2 is 1.68 bits per heavy atom. The average Bonchev–Trinajstić information content (AvgIpc) is 2.76. The monoisotopic (exact) mass is 449 g/mol. The number of halogens is 4. The minimum absolute atomic E-state index is 0.0294. The van der Waals surface area contributed by atoms with Gasteiger partial charge >= 0.3 is 0 Å². The molecule has 0 aliphatic carbocycles. The third-order valence-corrected chi connectivity index (χ3v) is 5.58. The first-order chi connectivity index (χ1) is 14.9. The van der Waals surface area contributed by atoms with Crippen LogP contribution in [-0.4, -0.2) is 29.0 Å². The van der Waals surface area contributed by atoms with Crippen LogP contribution in [0.4, 0.5) is 18.9 Å². The zero-order chi connectivity index (χ0) is 22.0. The Balaban J connectivity index is 1.42. The molecule has 1 fully saturated rings. The molecule has 9 heteroatoms. The molecule has 1 saturated heterocycles. The van der Waals surface area contributed by atoms with Crippen molar-refractivity contribution in [2.24, 2.45) is 0 Å². The molecular formula is C22H19ClF3N3O2. The van der Waals surface area contributed by atoms with Gasteiger partial charge < -0.3 is 9.64 Å². The topological polar surface area (TPSA) is 47.4 Å². The van der Waals surface area contributed by atoms with Gasteiger partial charge in [-0.15, -0.1) is 0 Å². The van der Waals surface area contributed by atoms with E-state index in [0.29, 0.717) is 44.3 Å². The molecule has 0 atom stereocenters. The average molecular weight is 450 g/mol. The molecule has 4 rings (SSSR count). The van der Waals surface area contributed by atoms with Gasteiger partial charge in [-0.2, -0.15) is 9.78 Å². The van der Waals surface area contributed by atoms with E-state index < -0.39 is 17.2 Å². The van der Waals surface area contributed by atoms with Crippen LogP contribution in [0.2, 0.25) is 5.02 Å². The summed E-state index contributed by atoms with van der Waals surface area (Å²) in [6.45, 7) is 1.60. The molecule has 0 saturated carbocycles. The summed E-state index contributed by atoms with van der Waals surface area (Å²) < 4.78 is 46.9. The number of hydrogen-bond donors (Lipinski definition) is 0. The van der Waals surface area contributed by atoms with Crippen LogP contribution in [0.15, 0.2) is 53.5 Å². The number of ether oxygens (including phenoxy) is 1. The first kappa shape index (κ1) is 21.4. The summed E-state index contributed by atoms with van der Waals surface area (Å²) in [7, 11) is 0. The number of hydrogen-bond acceptors (Lipinski definition) is 4. The lowest BCUT2D eigenvalue weighted by Crippen LogP contribution is -2.38. The maximum Gasteiger partial charge on any atom is 0.292 e. The molecule has 31 heavy (non-hydrogen) atoms. The molecule has 1 aromatic heterocycles. The summed E-state index contributed by atoms with van der Waals surface area (Å²) in [4.78, 5) is 14.6. The van der Waals surface area contributed by atoms with Crippen LogP contribution >= 0.6 is 11.6 Å². The van der Waals surface area contributed by atoms with E-state index in [0.717, 1.165) is 22.4 Å². The highest BCUT2D eigenvalue weighted by molar-refractivity contribution is 6.33. The van der Waals surface area contributed by atoms with Gasteiger partial charge in [-0.25, -0.2) is 13.2 Å². The minimum Gasteiger partial charge on any atom is -0.373 e. The molecule has 3 aromatic rings. The van der Waals surface area contributed by atoms with Gasteiger partial charge in [0.1, 0.15) is 22.3 Å². The molecule has 1 aliphatic rings. The molecule has 0 spiro atoms. The molecule has 2 aromatic carbocycles. The fourth-order valence-corrected chi connectivity index (χ4v) is 3.78. The fraction of sp³-hybridized carbons (Fsp3) is 0.273. The third-order valence-electron chi connectivity index (χ3n) is 5.22. The Morgan fingerprint density at radius 1 is 1.00 bits per heavy atom. The quantitative estimate of drug-likeness (QED) is 0.576. The molecule has 0 bridgehead atoms. The molecule has 5 nitrogen and oxygen atoms in total. The van der Waals surface area contributed by atoms with E-state index in [9.17, 15) is 18.0 Å². The van der Waals surface area contributed by atoms with Crippen molar-refractivity contribution < 1.29 is 17.9 Å². The van der Waals surface area contributed by atoms with Gasteiger partial charge in [-0.05, 0) is 42.7 Å². The number of piperidine rings is 1. The Labute approximate surface area is 181 Å². The number of benzene rings is 2. The molecule has 162 valence electrons. The highest BCUT2D eigenvalue weighted by atomic mass is 35.5. The molecule has 1 aliphatic heterocycles. The number of anilines is 1. The van der Waals surface area contributed by atoms with Crippen molar-refractivity contribution in [2.75, 3.05) is 18.0 Å². The lowest BCUT2D eigenvalue weighted by Gasteiger charge is -2.33. The van der Waals surface area contributed by atoms with E-state index in [2.05, 4.69) is 5.10 Å². The van der Waals surface area contributed by atoms with Crippen LogP contribution < -0.4 is 10.5 Å². The van der Waals surface area contributed by atoms with Gasteiger partial charge in [-0.1, -0.05) is 23.7 Å². The van der Waals surface area contributed by atoms with Crippen LogP contribution in [0.3, 0.4) is 0 Å². The van der Waals surface area contributed by atoms with Crippen molar-refractivity contribution in [1.29, 1.82) is 0 Å². The van der Waals surface area contributed by atoms with Crippen LogP contribution in [0, 0.1) is 17.5 Å². The van der Waals surface area contributed by atoms with Crippen LogP contribution in [0.5, 0.6) is 0 Å². The van der Waals surface area contributed by atoms with E-state index in [1.54, 1.807) is 12.1 Å². The summed E-state index contributed by atoms with van der Waals surface area (Å²) in [6, 6.07) is 9.04. The van der Waals surface area contributed by atoms with Gasteiger partial charge in [0.05, 0.1) is 24.6 Å². The molecule has 0 amide bonds. The van der Waals surface area contributed by atoms with E-state index in [1.165, 1.54) is 18.3 Å². The third kappa shape index (κ3) is 4.75. The van der Waals surface area contributed by atoms with Crippen LogP contribution in [0.1, 0.15) is 18.4 Å². The SMILES string of the molecule is O=c1c(Cl)c(N2CCC(OCc3ccc(F)cc3)CC2)cnn1-c1ccc(F)cc1F. The van der Waals surface area contributed by atoms with Crippen molar-refractivity contribution in [3.05, 3.63) is 87.1 Å². The Bertz CT molecular complexity index is 1130. The van der Waals surface area contributed by atoms with Crippen molar-refractivity contribution in [3.8, 4) is 5.69 Å². The lowest BCUT2D eigenvalue weighted by molar-refractivity contribution is 0.0251. The van der Waals surface area contributed by atoms with Gasteiger partial charge in [0.25, 0.3) is 5.56 Å². The van der Waals surface area contributed by atoms with Gasteiger partial charge in [0.15, 0.2) is 5.82 Å². The van der Waals surface area contributed by atoms with Crippen molar-refractivity contribution in [1.82, 2.24) is 9.78 Å². The zero-order valence-electron chi connectivity index (χ0n) is 16.4. The Morgan fingerprint density at radius 3 is 2.35 bits per heavy atom. The highest BCUT2D eigenvalue weighted by Crippen LogP contribution is 2.26. The van der Waals surface area contributed by atoms with Gasteiger partial charge in [-0.3, -0.25) is 4.79 Å². The second-order valence-electron chi connectivity index (χ2n) is 7.28. The van der Waals surface area contributed by atoms with Crippen molar-refractivity contribution in [3.63, 3.8) is 0 Å². The van der Waals surface area contributed by atoms with Gasteiger partial charge in [0.2, 0.25) is 0 Å².